The summed E-state index contributed by atoms with van der Waals surface area (Å²) in [5, 5.41) is 6.52. The topological polar surface area (TPSA) is 34.1 Å². The lowest BCUT2D eigenvalue weighted by Gasteiger charge is -2.09. The third kappa shape index (κ3) is 3.27. The maximum atomic E-state index is 5.63. The minimum Gasteiger partial charge on any atom is -0.376 e. The number of aryl methyl sites for hydroxylation is 3. The van der Waals surface area contributed by atoms with Crippen molar-refractivity contribution in [3.63, 3.8) is 0 Å². The fourth-order valence-electron chi connectivity index (χ4n) is 2.72. The van der Waals surface area contributed by atoms with Crippen LogP contribution in [0.1, 0.15) is 29.5 Å². The van der Waals surface area contributed by atoms with E-state index in [-0.39, 0.29) is 0 Å². The number of aromatic nitrogens is 1. The lowest BCUT2D eigenvalue weighted by Crippen LogP contribution is -2.18. The highest BCUT2D eigenvalue weighted by Gasteiger charge is 2.16. The number of rotatable bonds is 4. The SMILES string of the molecule is Cc1cc(C)c(-c2csc(NCC3CCCO3)n2)cc1C. The second kappa shape index (κ2) is 6.16. The Morgan fingerprint density at radius 1 is 1.24 bits per heavy atom. The monoisotopic (exact) mass is 302 g/mol. The van der Waals surface area contributed by atoms with Gasteiger partial charge in [-0.1, -0.05) is 6.07 Å². The lowest BCUT2D eigenvalue weighted by molar-refractivity contribution is 0.120. The second-order valence-corrected chi connectivity index (χ2v) is 6.66. The highest BCUT2D eigenvalue weighted by molar-refractivity contribution is 7.14. The third-order valence-electron chi connectivity index (χ3n) is 4.13. The van der Waals surface area contributed by atoms with Crippen molar-refractivity contribution in [2.75, 3.05) is 18.5 Å². The Labute approximate surface area is 130 Å². The molecule has 1 fully saturated rings. The molecule has 3 rings (SSSR count). The largest absolute Gasteiger partial charge is 0.376 e. The second-order valence-electron chi connectivity index (χ2n) is 5.81. The van der Waals surface area contributed by atoms with E-state index in [2.05, 4.69) is 43.6 Å². The van der Waals surface area contributed by atoms with Crippen LogP contribution in [0.4, 0.5) is 5.13 Å². The van der Waals surface area contributed by atoms with Crippen LogP contribution in [0.3, 0.4) is 0 Å². The van der Waals surface area contributed by atoms with Gasteiger partial charge in [0.2, 0.25) is 0 Å². The summed E-state index contributed by atoms with van der Waals surface area (Å²) in [5.41, 5.74) is 6.24. The van der Waals surface area contributed by atoms with Crippen molar-refractivity contribution in [2.24, 2.45) is 0 Å². The van der Waals surface area contributed by atoms with Crippen molar-refractivity contribution < 1.29 is 4.74 Å². The van der Waals surface area contributed by atoms with Crippen LogP contribution < -0.4 is 5.32 Å². The van der Waals surface area contributed by atoms with Crippen molar-refractivity contribution in [1.29, 1.82) is 0 Å². The summed E-state index contributed by atoms with van der Waals surface area (Å²) in [6.07, 6.45) is 2.68. The van der Waals surface area contributed by atoms with Gasteiger partial charge in [0.15, 0.2) is 5.13 Å². The van der Waals surface area contributed by atoms with Crippen LogP contribution in [0.5, 0.6) is 0 Å². The number of nitrogens with one attached hydrogen (secondary N) is 1. The first-order valence-electron chi connectivity index (χ1n) is 7.52. The summed E-state index contributed by atoms with van der Waals surface area (Å²) in [7, 11) is 0. The number of ether oxygens (including phenoxy) is 1. The number of hydrogen-bond acceptors (Lipinski definition) is 4. The standard InChI is InChI=1S/C17H22N2OS/c1-11-7-13(3)15(8-12(11)2)16-10-21-17(19-16)18-9-14-5-4-6-20-14/h7-8,10,14H,4-6,9H2,1-3H3,(H,18,19). The lowest BCUT2D eigenvalue weighted by atomic mass is 9.99. The van der Waals surface area contributed by atoms with E-state index in [9.17, 15) is 0 Å². The molecule has 0 bridgehead atoms. The normalized spacial score (nSPS) is 18.1. The number of thiazole rings is 1. The summed E-state index contributed by atoms with van der Waals surface area (Å²) in [6, 6.07) is 4.48. The molecular weight excluding hydrogens is 280 g/mol. The van der Waals surface area contributed by atoms with Crippen molar-refractivity contribution in [2.45, 2.75) is 39.7 Å². The molecular formula is C17H22N2OS. The summed E-state index contributed by atoms with van der Waals surface area (Å²) >= 11 is 1.67. The first-order chi connectivity index (χ1) is 10.1. The Morgan fingerprint density at radius 3 is 2.81 bits per heavy atom. The first-order valence-corrected chi connectivity index (χ1v) is 8.40. The molecule has 1 atom stereocenters. The Balaban J connectivity index is 1.73. The zero-order valence-electron chi connectivity index (χ0n) is 12.9. The smallest absolute Gasteiger partial charge is 0.183 e. The average molecular weight is 302 g/mol. The van der Waals surface area contributed by atoms with Gasteiger partial charge in [-0.2, -0.15) is 0 Å². The van der Waals surface area contributed by atoms with Crippen LogP contribution in [-0.2, 0) is 4.74 Å². The summed E-state index contributed by atoms with van der Waals surface area (Å²) in [6.45, 7) is 8.22. The fraction of sp³-hybridized carbons (Fsp3) is 0.471. The molecule has 1 aliphatic rings. The van der Waals surface area contributed by atoms with Gasteiger partial charge in [0, 0.05) is 24.1 Å². The first kappa shape index (κ1) is 14.5. The van der Waals surface area contributed by atoms with Crippen LogP contribution >= 0.6 is 11.3 Å². The van der Waals surface area contributed by atoms with Crippen molar-refractivity contribution in [3.05, 3.63) is 34.2 Å². The molecule has 1 aromatic carbocycles. The molecule has 1 unspecified atom stereocenters. The van der Waals surface area contributed by atoms with Gasteiger partial charge in [0.05, 0.1) is 11.8 Å². The molecule has 1 saturated heterocycles. The molecule has 0 aliphatic carbocycles. The maximum absolute atomic E-state index is 5.63. The highest BCUT2D eigenvalue weighted by atomic mass is 32.1. The van der Waals surface area contributed by atoms with Gasteiger partial charge in [-0.15, -0.1) is 11.3 Å². The minimum atomic E-state index is 0.348. The number of hydrogen-bond donors (Lipinski definition) is 1. The molecule has 4 heteroatoms. The maximum Gasteiger partial charge on any atom is 0.183 e. The zero-order chi connectivity index (χ0) is 14.8. The van der Waals surface area contributed by atoms with Crippen LogP contribution in [0.15, 0.2) is 17.5 Å². The van der Waals surface area contributed by atoms with Crippen molar-refractivity contribution in [3.8, 4) is 11.3 Å². The van der Waals surface area contributed by atoms with Crippen LogP contribution in [0.2, 0.25) is 0 Å². The molecule has 21 heavy (non-hydrogen) atoms. The number of anilines is 1. The molecule has 1 aromatic heterocycles. The van der Waals surface area contributed by atoms with Crippen LogP contribution in [0.25, 0.3) is 11.3 Å². The Kier molecular flexibility index (Phi) is 4.27. The van der Waals surface area contributed by atoms with E-state index in [1.54, 1.807) is 11.3 Å². The zero-order valence-corrected chi connectivity index (χ0v) is 13.7. The van der Waals surface area contributed by atoms with E-state index < -0.39 is 0 Å². The Bertz CT molecular complexity index is 630. The number of benzene rings is 1. The van der Waals surface area contributed by atoms with Crippen molar-refractivity contribution >= 4 is 16.5 Å². The van der Waals surface area contributed by atoms with Gasteiger partial charge in [-0.25, -0.2) is 4.98 Å². The molecule has 2 aromatic rings. The molecule has 112 valence electrons. The van der Waals surface area contributed by atoms with Crippen LogP contribution in [0, 0.1) is 20.8 Å². The molecule has 2 heterocycles. The van der Waals surface area contributed by atoms with Gasteiger partial charge in [0.25, 0.3) is 0 Å². The minimum absolute atomic E-state index is 0.348. The van der Waals surface area contributed by atoms with Crippen LogP contribution in [-0.4, -0.2) is 24.2 Å². The average Bonchev–Trinajstić information content (AvgIpc) is 3.11. The summed E-state index contributed by atoms with van der Waals surface area (Å²) in [4.78, 5) is 4.72. The highest BCUT2D eigenvalue weighted by Crippen LogP contribution is 2.29. The van der Waals surface area contributed by atoms with Gasteiger partial charge in [-0.3, -0.25) is 0 Å². The fourth-order valence-corrected chi connectivity index (χ4v) is 3.44. The quantitative estimate of drug-likeness (QED) is 0.913. The molecule has 0 radical (unpaired) electrons. The van der Waals surface area contributed by atoms with E-state index in [0.29, 0.717) is 6.10 Å². The van der Waals surface area contributed by atoms with Crippen molar-refractivity contribution in [1.82, 2.24) is 4.98 Å². The molecule has 3 nitrogen and oxygen atoms in total. The molecule has 1 N–H and O–H groups in total. The van der Waals surface area contributed by atoms with E-state index in [1.807, 2.05) is 0 Å². The molecule has 1 aliphatic heterocycles. The molecule has 0 amide bonds. The summed E-state index contributed by atoms with van der Waals surface area (Å²) in [5.74, 6) is 0. The van der Waals surface area contributed by atoms with E-state index in [4.69, 9.17) is 9.72 Å². The van der Waals surface area contributed by atoms with Gasteiger partial charge < -0.3 is 10.1 Å². The molecule has 0 saturated carbocycles. The van der Waals surface area contributed by atoms with E-state index in [1.165, 1.54) is 28.7 Å². The van der Waals surface area contributed by atoms with E-state index >= 15 is 0 Å². The predicted molar refractivity (Wildman–Crippen MR) is 89.2 cm³/mol. The Morgan fingerprint density at radius 2 is 2.05 bits per heavy atom. The van der Waals surface area contributed by atoms with E-state index in [0.717, 1.165) is 30.4 Å². The third-order valence-corrected chi connectivity index (χ3v) is 4.93. The van der Waals surface area contributed by atoms with Gasteiger partial charge in [0.1, 0.15) is 0 Å². The summed E-state index contributed by atoms with van der Waals surface area (Å²) < 4.78 is 5.63. The number of nitrogens with zero attached hydrogens (tertiary/aromatic N) is 1. The predicted octanol–water partition coefficient (Wildman–Crippen LogP) is 4.33. The van der Waals surface area contributed by atoms with Gasteiger partial charge in [-0.05, 0) is 56.4 Å². The van der Waals surface area contributed by atoms with Gasteiger partial charge >= 0.3 is 0 Å². The Hall–Kier alpha value is -1.39. The molecule has 0 spiro atoms.